The first-order chi connectivity index (χ1) is 10.5. The normalized spacial score (nSPS) is 11.3. The number of halogens is 1. The Balaban J connectivity index is 2.09. The standard InChI is InChI=1S/C16H14FNO4/c1-18-16(21)14(20)9-13(19)15-7-6-12(22-15)8-10-2-4-11(17)5-3-10/h2-7,9,20H,8H2,1H3,(H,18,21)/b14-9-. The van der Waals surface area contributed by atoms with Crippen LogP contribution in [0.3, 0.4) is 0 Å². The van der Waals surface area contributed by atoms with Gasteiger partial charge in [-0.15, -0.1) is 0 Å². The molecule has 2 aromatic rings. The fourth-order valence-corrected chi connectivity index (χ4v) is 1.80. The number of amides is 1. The van der Waals surface area contributed by atoms with Gasteiger partial charge in [0.15, 0.2) is 11.5 Å². The number of aliphatic hydroxyl groups is 1. The van der Waals surface area contributed by atoms with Gasteiger partial charge in [-0.3, -0.25) is 9.59 Å². The molecule has 0 bridgehead atoms. The topological polar surface area (TPSA) is 79.5 Å². The first-order valence-electron chi connectivity index (χ1n) is 6.50. The molecule has 0 atom stereocenters. The van der Waals surface area contributed by atoms with Gasteiger partial charge in [0.2, 0.25) is 5.78 Å². The molecule has 0 spiro atoms. The number of nitrogens with one attached hydrogen (secondary N) is 1. The molecule has 0 aliphatic carbocycles. The molecule has 1 aromatic heterocycles. The van der Waals surface area contributed by atoms with E-state index < -0.39 is 17.4 Å². The van der Waals surface area contributed by atoms with Crippen molar-refractivity contribution in [1.29, 1.82) is 0 Å². The highest BCUT2D eigenvalue weighted by atomic mass is 19.1. The largest absolute Gasteiger partial charge is 0.503 e. The Morgan fingerprint density at radius 3 is 2.55 bits per heavy atom. The Bertz CT molecular complexity index is 716. The lowest BCUT2D eigenvalue weighted by molar-refractivity contribution is -0.119. The summed E-state index contributed by atoms with van der Waals surface area (Å²) in [6.45, 7) is 0. The monoisotopic (exact) mass is 303 g/mol. The van der Waals surface area contributed by atoms with Crippen LogP contribution < -0.4 is 5.32 Å². The number of carbonyl (C=O) groups is 2. The minimum absolute atomic E-state index is 0.00700. The van der Waals surface area contributed by atoms with Gasteiger partial charge in [0.05, 0.1) is 0 Å². The molecule has 0 aliphatic rings. The van der Waals surface area contributed by atoms with Crippen molar-refractivity contribution in [3.63, 3.8) is 0 Å². The molecular weight excluding hydrogens is 289 g/mol. The van der Waals surface area contributed by atoms with Crippen molar-refractivity contribution >= 4 is 11.7 Å². The molecule has 1 amide bonds. The molecule has 1 heterocycles. The summed E-state index contributed by atoms with van der Waals surface area (Å²) in [5, 5.41) is 11.6. The van der Waals surface area contributed by atoms with E-state index >= 15 is 0 Å². The number of ketones is 1. The fraction of sp³-hybridized carbons (Fsp3) is 0.125. The highest BCUT2D eigenvalue weighted by Crippen LogP contribution is 2.15. The fourth-order valence-electron chi connectivity index (χ4n) is 1.80. The van der Waals surface area contributed by atoms with Gasteiger partial charge in [0.25, 0.3) is 5.91 Å². The molecule has 2 rings (SSSR count). The van der Waals surface area contributed by atoms with Crippen LogP contribution in [0.5, 0.6) is 0 Å². The van der Waals surface area contributed by atoms with E-state index in [9.17, 15) is 19.1 Å². The number of allylic oxidation sites excluding steroid dienone is 1. The predicted octanol–water partition coefficient (Wildman–Crippen LogP) is 2.38. The Labute approximate surface area is 126 Å². The van der Waals surface area contributed by atoms with Crippen molar-refractivity contribution in [3.05, 3.63) is 71.1 Å². The molecule has 0 unspecified atom stereocenters. The number of carbonyl (C=O) groups excluding carboxylic acids is 2. The van der Waals surface area contributed by atoms with E-state index in [0.717, 1.165) is 11.6 Å². The third-order valence-electron chi connectivity index (χ3n) is 2.92. The molecule has 0 saturated heterocycles. The number of hydrogen-bond acceptors (Lipinski definition) is 4. The minimum Gasteiger partial charge on any atom is -0.503 e. The van der Waals surface area contributed by atoms with Crippen LogP contribution in [0.25, 0.3) is 0 Å². The average molecular weight is 303 g/mol. The van der Waals surface area contributed by atoms with Crippen LogP contribution in [-0.2, 0) is 11.2 Å². The summed E-state index contributed by atoms with van der Waals surface area (Å²) in [4.78, 5) is 22.9. The summed E-state index contributed by atoms with van der Waals surface area (Å²) in [6, 6.07) is 8.99. The highest BCUT2D eigenvalue weighted by Gasteiger charge is 2.13. The number of benzene rings is 1. The van der Waals surface area contributed by atoms with E-state index in [2.05, 4.69) is 5.32 Å². The van der Waals surface area contributed by atoms with Gasteiger partial charge < -0.3 is 14.8 Å². The van der Waals surface area contributed by atoms with Crippen LogP contribution >= 0.6 is 0 Å². The maximum Gasteiger partial charge on any atom is 0.286 e. The highest BCUT2D eigenvalue weighted by molar-refractivity contribution is 6.07. The molecule has 0 aliphatic heterocycles. The van der Waals surface area contributed by atoms with E-state index in [1.165, 1.54) is 25.2 Å². The van der Waals surface area contributed by atoms with Crippen molar-refractivity contribution in [2.24, 2.45) is 0 Å². The molecule has 5 nitrogen and oxygen atoms in total. The second-order valence-electron chi connectivity index (χ2n) is 4.54. The zero-order chi connectivity index (χ0) is 16.1. The van der Waals surface area contributed by atoms with Gasteiger partial charge >= 0.3 is 0 Å². The maximum atomic E-state index is 12.8. The van der Waals surface area contributed by atoms with E-state index in [1.54, 1.807) is 18.2 Å². The second kappa shape index (κ2) is 6.71. The summed E-state index contributed by atoms with van der Waals surface area (Å²) >= 11 is 0. The van der Waals surface area contributed by atoms with Gasteiger partial charge in [0.1, 0.15) is 11.6 Å². The van der Waals surface area contributed by atoms with E-state index in [4.69, 9.17) is 4.42 Å². The lowest BCUT2D eigenvalue weighted by Gasteiger charge is -1.98. The van der Waals surface area contributed by atoms with Crippen molar-refractivity contribution < 1.29 is 23.5 Å². The van der Waals surface area contributed by atoms with Crippen LogP contribution in [0.1, 0.15) is 21.9 Å². The van der Waals surface area contributed by atoms with Crippen molar-refractivity contribution in [2.75, 3.05) is 7.05 Å². The Morgan fingerprint density at radius 2 is 1.91 bits per heavy atom. The molecule has 0 fully saturated rings. The molecule has 6 heteroatoms. The van der Waals surface area contributed by atoms with Crippen LogP contribution in [0, 0.1) is 5.82 Å². The first-order valence-corrected chi connectivity index (χ1v) is 6.50. The van der Waals surface area contributed by atoms with Crippen LogP contribution in [0.15, 0.2) is 52.7 Å². The van der Waals surface area contributed by atoms with Crippen LogP contribution in [0.2, 0.25) is 0 Å². The third-order valence-corrected chi connectivity index (χ3v) is 2.92. The number of rotatable bonds is 5. The lowest BCUT2D eigenvalue weighted by atomic mass is 10.1. The van der Waals surface area contributed by atoms with E-state index in [-0.39, 0.29) is 11.6 Å². The zero-order valence-electron chi connectivity index (χ0n) is 11.8. The van der Waals surface area contributed by atoms with Gasteiger partial charge in [-0.25, -0.2) is 4.39 Å². The Hall–Kier alpha value is -2.89. The molecule has 0 saturated carbocycles. The second-order valence-corrected chi connectivity index (χ2v) is 4.54. The number of aliphatic hydroxyl groups excluding tert-OH is 1. The van der Waals surface area contributed by atoms with Gasteiger partial charge in [-0.1, -0.05) is 12.1 Å². The molecule has 114 valence electrons. The molecule has 22 heavy (non-hydrogen) atoms. The summed E-state index contributed by atoms with van der Waals surface area (Å²) in [7, 11) is 1.34. The summed E-state index contributed by atoms with van der Waals surface area (Å²) < 4.78 is 18.2. The average Bonchev–Trinajstić information content (AvgIpc) is 2.97. The number of likely N-dealkylation sites (N-methyl/N-ethyl adjacent to an activating group) is 1. The maximum absolute atomic E-state index is 12.8. The first kappa shape index (κ1) is 15.5. The van der Waals surface area contributed by atoms with Crippen LogP contribution in [-0.4, -0.2) is 23.8 Å². The van der Waals surface area contributed by atoms with Crippen molar-refractivity contribution in [1.82, 2.24) is 5.32 Å². The van der Waals surface area contributed by atoms with Gasteiger partial charge in [0, 0.05) is 19.5 Å². The smallest absolute Gasteiger partial charge is 0.286 e. The number of hydrogen-bond donors (Lipinski definition) is 2. The molecular formula is C16H14FNO4. The summed E-state index contributed by atoms with van der Waals surface area (Å²) in [6.07, 6.45) is 1.19. The number of furan rings is 1. The molecule has 2 N–H and O–H groups in total. The SMILES string of the molecule is CNC(=O)/C(O)=C/C(=O)c1ccc(Cc2ccc(F)cc2)o1. The van der Waals surface area contributed by atoms with E-state index in [1.807, 2.05) is 0 Å². The van der Waals surface area contributed by atoms with Crippen LogP contribution in [0.4, 0.5) is 4.39 Å². The molecule has 0 radical (unpaired) electrons. The van der Waals surface area contributed by atoms with Gasteiger partial charge in [-0.2, -0.15) is 0 Å². The zero-order valence-corrected chi connectivity index (χ0v) is 11.8. The van der Waals surface area contributed by atoms with Crippen molar-refractivity contribution in [2.45, 2.75) is 6.42 Å². The predicted molar refractivity (Wildman–Crippen MR) is 77.0 cm³/mol. The Kier molecular flexibility index (Phi) is 4.73. The quantitative estimate of drug-likeness (QED) is 0.505. The minimum atomic E-state index is -0.758. The third kappa shape index (κ3) is 3.82. The molecule has 1 aromatic carbocycles. The van der Waals surface area contributed by atoms with E-state index in [0.29, 0.717) is 12.2 Å². The van der Waals surface area contributed by atoms with Crippen molar-refractivity contribution in [3.8, 4) is 0 Å². The summed E-state index contributed by atoms with van der Waals surface area (Å²) in [5.74, 6) is -1.87. The Morgan fingerprint density at radius 1 is 1.23 bits per heavy atom. The lowest BCUT2D eigenvalue weighted by Crippen LogP contribution is -2.20. The summed E-state index contributed by atoms with van der Waals surface area (Å²) in [5.41, 5.74) is 0.832. The van der Waals surface area contributed by atoms with Gasteiger partial charge in [-0.05, 0) is 29.8 Å².